The molecule has 2 N–H and O–H groups in total. The highest BCUT2D eigenvalue weighted by Gasteiger charge is 2.13. The number of carbonyl (C=O) groups is 1. The number of methoxy groups -OCH3 is 2. The van der Waals surface area contributed by atoms with Crippen LogP contribution in [0.4, 0.5) is 0 Å². The van der Waals surface area contributed by atoms with Gasteiger partial charge in [0.2, 0.25) is 0 Å². The molecular formula is C14H19ClN4O3S. The molecule has 0 aliphatic rings. The van der Waals surface area contributed by atoms with Crippen molar-refractivity contribution in [3.63, 3.8) is 0 Å². The van der Waals surface area contributed by atoms with Crippen molar-refractivity contribution >= 4 is 30.1 Å². The maximum Gasteiger partial charge on any atom is 0.337 e. The maximum atomic E-state index is 11.6. The summed E-state index contributed by atoms with van der Waals surface area (Å²) in [5.74, 6) is 1.64. The molecule has 126 valence electrons. The maximum absolute atomic E-state index is 11.6. The van der Waals surface area contributed by atoms with Crippen LogP contribution in [-0.2, 0) is 24.1 Å². The molecule has 2 rings (SSSR count). The van der Waals surface area contributed by atoms with Crippen LogP contribution < -0.4 is 10.5 Å². The molecule has 0 atom stereocenters. The van der Waals surface area contributed by atoms with Crippen molar-refractivity contribution in [3.8, 4) is 5.75 Å². The monoisotopic (exact) mass is 358 g/mol. The number of rotatable bonds is 6. The van der Waals surface area contributed by atoms with Gasteiger partial charge in [-0.05, 0) is 18.2 Å². The summed E-state index contributed by atoms with van der Waals surface area (Å²) in [6, 6.07) is 5.19. The first-order valence-corrected chi connectivity index (χ1v) is 7.55. The number of nitrogens with zero attached hydrogens (tertiary/aromatic N) is 3. The number of aromatic nitrogens is 3. The van der Waals surface area contributed by atoms with Gasteiger partial charge in [0.15, 0.2) is 5.16 Å². The van der Waals surface area contributed by atoms with Gasteiger partial charge in [0.25, 0.3) is 0 Å². The lowest BCUT2D eigenvalue weighted by Gasteiger charge is -2.10. The molecular weight excluding hydrogens is 340 g/mol. The summed E-state index contributed by atoms with van der Waals surface area (Å²) in [7, 11) is 4.82. The fraction of sp³-hybridized carbons (Fsp3) is 0.357. The van der Waals surface area contributed by atoms with Gasteiger partial charge in [-0.15, -0.1) is 22.6 Å². The third kappa shape index (κ3) is 4.37. The molecule has 9 heteroatoms. The molecule has 0 aliphatic heterocycles. The van der Waals surface area contributed by atoms with Crippen molar-refractivity contribution in [2.45, 2.75) is 17.5 Å². The Hall–Kier alpha value is -1.77. The van der Waals surface area contributed by atoms with Crippen molar-refractivity contribution in [1.82, 2.24) is 14.8 Å². The van der Waals surface area contributed by atoms with Crippen molar-refractivity contribution < 1.29 is 14.3 Å². The first kappa shape index (κ1) is 19.3. The highest BCUT2D eigenvalue weighted by Crippen LogP contribution is 2.28. The highest BCUT2D eigenvalue weighted by atomic mass is 35.5. The average Bonchev–Trinajstić information content (AvgIpc) is 2.91. The van der Waals surface area contributed by atoms with Gasteiger partial charge in [0, 0.05) is 18.4 Å². The Morgan fingerprint density at radius 3 is 2.65 bits per heavy atom. The molecule has 1 aromatic heterocycles. The lowest BCUT2D eigenvalue weighted by molar-refractivity contribution is 0.0600. The molecule has 0 aliphatic carbocycles. The smallest absolute Gasteiger partial charge is 0.337 e. The number of hydrogen-bond donors (Lipinski definition) is 1. The van der Waals surface area contributed by atoms with Crippen LogP contribution in [-0.4, -0.2) is 35.0 Å². The summed E-state index contributed by atoms with van der Waals surface area (Å²) in [4.78, 5) is 11.6. The lowest BCUT2D eigenvalue weighted by Crippen LogP contribution is -2.05. The molecule has 0 unspecified atom stereocenters. The minimum atomic E-state index is -0.377. The molecule has 0 bridgehead atoms. The fourth-order valence-corrected chi connectivity index (χ4v) is 2.83. The van der Waals surface area contributed by atoms with E-state index in [1.54, 1.807) is 25.3 Å². The number of nitrogens with two attached hydrogens (primary N) is 1. The molecule has 2 aromatic rings. The van der Waals surface area contributed by atoms with Crippen LogP contribution in [0.3, 0.4) is 0 Å². The molecule has 1 aromatic carbocycles. The third-order valence-electron chi connectivity index (χ3n) is 3.17. The summed E-state index contributed by atoms with van der Waals surface area (Å²) in [6.07, 6.45) is 0. The van der Waals surface area contributed by atoms with Crippen molar-refractivity contribution in [2.24, 2.45) is 12.8 Å². The first-order chi connectivity index (χ1) is 10.6. The quantitative estimate of drug-likeness (QED) is 0.621. The van der Waals surface area contributed by atoms with Gasteiger partial charge in [-0.25, -0.2) is 4.79 Å². The van der Waals surface area contributed by atoms with Gasteiger partial charge in [0.05, 0.1) is 26.3 Å². The lowest BCUT2D eigenvalue weighted by atomic mass is 10.1. The predicted octanol–water partition coefficient (Wildman–Crippen LogP) is 1.78. The van der Waals surface area contributed by atoms with E-state index in [9.17, 15) is 4.79 Å². The van der Waals surface area contributed by atoms with Gasteiger partial charge >= 0.3 is 5.97 Å². The average molecular weight is 359 g/mol. The molecule has 0 radical (unpaired) electrons. The van der Waals surface area contributed by atoms with E-state index >= 15 is 0 Å². The molecule has 0 saturated heterocycles. The normalized spacial score (nSPS) is 10.1. The first-order valence-electron chi connectivity index (χ1n) is 6.57. The second-order valence-corrected chi connectivity index (χ2v) is 5.41. The van der Waals surface area contributed by atoms with Gasteiger partial charge in [-0.2, -0.15) is 0 Å². The van der Waals surface area contributed by atoms with Crippen molar-refractivity contribution in [3.05, 3.63) is 35.2 Å². The second-order valence-electron chi connectivity index (χ2n) is 4.47. The summed E-state index contributed by atoms with van der Waals surface area (Å²) in [5.41, 5.74) is 6.95. The van der Waals surface area contributed by atoms with Crippen LogP contribution in [0.2, 0.25) is 0 Å². The van der Waals surface area contributed by atoms with E-state index in [0.717, 1.165) is 16.5 Å². The van der Waals surface area contributed by atoms with E-state index < -0.39 is 0 Å². The number of benzene rings is 1. The van der Waals surface area contributed by atoms with E-state index in [1.807, 2.05) is 11.6 Å². The predicted molar refractivity (Wildman–Crippen MR) is 90.0 cm³/mol. The number of carbonyl (C=O) groups excluding carboxylic acids is 1. The van der Waals surface area contributed by atoms with Gasteiger partial charge in [0.1, 0.15) is 11.6 Å². The summed E-state index contributed by atoms with van der Waals surface area (Å²) < 4.78 is 11.9. The summed E-state index contributed by atoms with van der Waals surface area (Å²) in [6.45, 7) is 0.338. The van der Waals surface area contributed by atoms with Crippen molar-refractivity contribution in [2.75, 3.05) is 14.2 Å². The molecule has 0 amide bonds. The standard InChI is InChI=1S/C14H18N4O3S.ClH/c1-18-12(7-15)16-17-14(18)22-8-10-6-9(13(19)21-3)4-5-11(10)20-2;/h4-6H,7-8,15H2,1-3H3;1H. The van der Waals surface area contributed by atoms with Gasteiger partial charge < -0.3 is 19.8 Å². The van der Waals surface area contributed by atoms with Crippen LogP contribution in [0.1, 0.15) is 21.7 Å². The zero-order valence-electron chi connectivity index (χ0n) is 13.1. The van der Waals surface area contributed by atoms with E-state index in [4.69, 9.17) is 15.2 Å². The number of ether oxygens (including phenoxy) is 2. The third-order valence-corrected chi connectivity index (χ3v) is 4.23. The van der Waals surface area contributed by atoms with Crippen LogP contribution in [0.25, 0.3) is 0 Å². The molecule has 23 heavy (non-hydrogen) atoms. The zero-order chi connectivity index (χ0) is 16.1. The SMILES string of the molecule is COC(=O)c1ccc(OC)c(CSc2nnc(CN)n2C)c1.Cl. The van der Waals surface area contributed by atoms with E-state index in [0.29, 0.717) is 23.6 Å². The summed E-state index contributed by atoms with van der Waals surface area (Å²) >= 11 is 1.50. The zero-order valence-corrected chi connectivity index (χ0v) is 14.7. The number of thioether (sulfide) groups is 1. The van der Waals surface area contributed by atoms with Gasteiger partial charge in [-0.1, -0.05) is 11.8 Å². The van der Waals surface area contributed by atoms with Crippen LogP contribution in [0.5, 0.6) is 5.75 Å². The Morgan fingerprint density at radius 1 is 1.35 bits per heavy atom. The van der Waals surface area contributed by atoms with E-state index in [-0.39, 0.29) is 18.4 Å². The Bertz CT molecular complexity index is 678. The molecule has 0 spiro atoms. The fourth-order valence-electron chi connectivity index (χ4n) is 1.93. The van der Waals surface area contributed by atoms with Crippen molar-refractivity contribution in [1.29, 1.82) is 0 Å². The Morgan fingerprint density at radius 2 is 2.09 bits per heavy atom. The molecule has 7 nitrogen and oxygen atoms in total. The molecule has 1 heterocycles. The number of hydrogen-bond acceptors (Lipinski definition) is 7. The Kier molecular flexibility index (Phi) is 7.34. The van der Waals surface area contributed by atoms with E-state index in [1.165, 1.54) is 18.9 Å². The summed E-state index contributed by atoms with van der Waals surface area (Å²) in [5, 5.41) is 8.86. The second kappa shape index (κ2) is 8.76. The highest BCUT2D eigenvalue weighted by molar-refractivity contribution is 7.98. The minimum absolute atomic E-state index is 0. The van der Waals surface area contributed by atoms with Crippen LogP contribution in [0, 0.1) is 0 Å². The largest absolute Gasteiger partial charge is 0.496 e. The Labute approximate surface area is 145 Å². The number of halogens is 1. The van der Waals surface area contributed by atoms with Crippen LogP contribution >= 0.6 is 24.2 Å². The van der Waals surface area contributed by atoms with E-state index in [2.05, 4.69) is 10.2 Å². The Balaban J connectivity index is 0.00000264. The molecule has 0 fully saturated rings. The number of esters is 1. The topological polar surface area (TPSA) is 92.3 Å². The molecule has 0 saturated carbocycles. The van der Waals surface area contributed by atoms with Crippen LogP contribution in [0.15, 0.2) is 23.4 Å². The van der Waals surface area contributed by atoms with Gasteiger partial charge in [-0.3, -0.25) is 0 Å². The minimum Gasteiger partial charge on any atom is -0.496 e.